The molecule has 1 amide bonds. The Morgan fingerprint density at radius 2 is 2.14 bits per heavy atom. The Morgan fingerprint density at radius 1 is 1.38 bits per heavy atom. The van der Waals surface area contributed by atoms with Crippen LogP contribution < -0.4 is 5.32 Å². The molecule has 2 aromatic heterocycles. The van der Waals surface area contributed by atoms with Gasteiger partial charge >= 0.3 is 5.97 Å². The summed E-state index contributed by atoms with van der Waals surface area (Å²) in [5.41, 5.74) is 0.291. The summed E-state index contributed by atoms with van der Waals surface area (Å²) in [7, 11) is 0. The van der Waals surface area contributed by atoms with E-state index >= 15 is 0 Å². The number of hydrogen-bond donors (Lipinski definition) is 1. The van der Waals surface area contributed by atoms with Gasteiger partial charge in [-0.3, -0.25) is 4.79 Å². The Kier molecular flexibility index (Phi) is 4.59. The van der Waals surface area contributed by atoms with E-state index in [2.05, 4.69) is 10.3 Å². The average Bonchev–Trinajstić information content (AvgIpc) is 2.87. The van der Waals surface area contributed by atoms with Crippen molar-refractivity contribution in [3.63, 3.8) is 0 Å². The van der Waals surface area contributed by atoms with Gasteiger partial charge in [-0.15, -0.1) is 0 Å². The van der Waals surface area contributed by atoms with Crippen LogP contribution in [0.2, 0.25) is 5.02 Å². The fourth-order valence-electron chi connectivity index (χ4n) is 1.55. The van der Waals surface area contributed by atoms with Crippen LogP contribution in [0, 0.1) is 6.92 Å². The number of ether oxygens (including phenoxy) is 1. The number of aromatic nitrogens is 1. The van der Waals surface area contributed by atoms with Crippen LogP contribution in [0.25, 0.3) is 0 Å². The van der Waals surface area contributed by atoms with Gasteiger partial charge < -0.3 is 14.5 Å². The number of carbonyl (C=O) groups excluding carboxylic acids is 2. The molecular formula is C14H13ClN2O4. The minimum Gasteiger partial charge on any atom is -0.469 e. The lowest BCUT2D eigenvalue weighted by atomic mass is 10.2. The van der Waals surface area contributed by atoms with Gasteiger partial charge in [0.15, 0.2) is 6.10 Å². The van der Waals surface area contributed by atoms with E-state index in [4.69, 9.17) is 20.8 Å². The molecule has 0 fully saturated rings. The number of esters is 1. The van der Waals surface area contributed by atoms with Crippen molar-refractivity contribution in [2.24, 2.45) is 0 Å². The fourth-order valence-corrected chi connectivity index (χ4v) is 1.66. The minimum absolute atomic E-state index is 0.291. The van der Waals surface area contributed by atoms with Crippen molar-refractivity contribution >= 4 is 29.3 Å². The Balaban J connectivity index is 1.95. The smallest absolute Gasteiger partial charge is 0.342 e. The maximum absolute atomic E-state index is 11.9. The third kappa shape index (κ3) is 3.82. The van der Waals surface area contributed by atoms with Crippen LogP contribution in [0.1, 0.15) is 23.0 Å². The van der Waals surface area contributed by atoms with Gasteiger partial charge in [-0.25, -0.2) is 9.78 Å². The number of furan rings is 1. The topological polar surface area (TPSA) is 81.4 Å². The highest BCUT2D eigenvalue weighted by Gasteiger charge is 2.21. The number of anilines is 1. The number of pyridine rings is 1. The van der Waals surface area contributed by atoms with Gasteiger partial charge in [0.05, 0.1) is 11.3 Å². The summed E-state index contributed by atoms with van der Waals surface area (Å²) in [5.74, 6) is -0.342. The molecule has 0 saturated heterocycles. The Hall–Kier alpha value is -2.34. The van der Waals surface area contributed by atoms with Crippen LogP contribution >= 0.6 is 11.6 Å². The fraction of sp³-hybridized carbons (Fsp3) is 0.214. The van der Waals surface area contributed by atoms with Crippen LogP contribution in [-0.4, -0.2) is 23.0 Å². The molecule has 0 aliphatic heterocycles. The van der Waals surface area contributed by atoms with Crippen molar-refractivity contribution in [2.75, 3.05) is 5.32 Å². The van der Waals surface area contributed by atoms with Crippen LogP contribution in [0.3, 0.4) is 0 Å². The summed E-state index contributed by atoms with van der Waals surface area (Å²) in [6.07, 6.45) is 1.82. The highest BCUT2D eigenvalue weighted by atomic mass is 35.5. The first kappa shape index (κ1) is 15.1. The number of nitrogens with zero attached hydrogens (tertiary/aromatic N) is 1. The molecule has 2 rings (SSSR count). The van der Waals surface area contributed by atoms with Crippen LogP contribution in [0.5, 0.6) is 0 Å². The molecule has 1 atom stereocenters. The molecule has 0 aromatic carbocycles. The molecule has 0 saturated carbocycles. The van der Waals surface area contributed by atoms with E-state index in [-0.39, 0.29) is 0 Å². The predicted molar refractivity (Wildman–Crippen MR) is 76.2 cm³/mol. The van der Waals surface area contributed by atoms with Gasteiger partial charge in [-0.05, 0) is 32.0 Å². The van der Waals surface area contributed by atoms with E-state index in [0.29, 0.717) is 22.2 Å². The molecule has 0 aliphatic carbocycles. The molecule has 2 heterocycles. The van der Waals surface area contributed by atoms with E-state index in [0.717, 1.165) is 0 Å². The zero-order chi connectivity index (χ0) is 15.4. The van der Waals surface area contributed by atoms with Gasteiger partial charge in [0.1, 0.15) is 17.1 Å². The highest BCUT2D eigenvalue weighted by Crippen LogP contribution is 2.13. The van der Waals surface area contributed by atoms with E-state index in [1.54, 1.807) is 19.1 Å². The van der Waals surface area contributed by atoms with Crippen molar-refractivity contribution in [1.82, 2.24) is 4.98 Å². The second-order valence-electron chi connectivity index (χ2n) is 4.29. The maximum atomic E-state index is 11.9. The van der Waals surface area contributed by atoms with Gasteiger partial charge in [-0.2, -0.15) is 0 Å². The molecule has 0 radical (unpaired) electrons. The van der Waals surface area contributed by atoms with Crippen LogP contribution in [0.15, 0.2) is 35.1 Å². The summed E-state index contributed by atoms with van der Waals surface area (Å²) in [6.45, 7) is 3.11. The molecule has 6 nitrogen and oxygen atoms in total. The summed E-state index contributed by atoms with van der Waals surface area (Å²) in [5, 5.41) is 2.99. The molecule has 21 heavy (non-hydrogen) atoms. The second-order valence-corrected chi connectivity index (χ2v) is 4.73. The summed E-state index contributed by atoms with van der Waals surface area (Å²) < 4.78 is 10.1. The van der Waals surface area contributed by atoms with E-state index in [9.17, 15) is 9.59 Å². The lowest BCUT2D eigenvalue weighted by molar-refractivity contribution is -0.123. The number of hydrogen-bond acceptors (Lipinski definition) is 5. The second kappa shape index (κ2) is 6.41. The average molecular weight is 309 g/mol. The lowest BCUT2D eigenvalue weighted by Crippen LogP contribution is -2.30. The number of carbonyl (C=O) groups is 2. The van der Waals surface area contributed by atoms with Crippen molar-refractivity contribution < 1.29 is 18.7 Å². The Bertz CT molecular complexity index is 651. The zero-order valence-corrected chi connectivity index (χ0v) is 12.2. The van der Waals surface area contributed by atoms with Crippen LogP contribution in [0.4, 0.5) is 5.82 Å². The first-order valence-electron chi connectivity index (χ1n) is 6.15. The SMILES string of the molecule is Cc1occc1C(=O)O[C@H](C)C(=O)Nc1ccc(Cl)cn1. The van der Waals surface area contributed by atoms with Gasteiger partial charge in [-0.1, -0.05) is 11.6 Å². The standard InChI is InChI=1S/C14H13ClN2O4/c1-8-11(5-6-20-8)14(19)21-9(2)13(18)17-12-4-3-10(15)7-16-12/h3-7,9H,1-2H3,(H,16,17,18)/t9-/m1/s1. The maximum Gasteiger partial charge on any atom is 0.342 e. The number of rotatable bonds is 4. The van der Waals surface area contributed by atoms with Crippen molar-refractivity contribution in [2.45, 2.75) is 20.0 Å². The first-order valence-corrected chi connectivity index (χ1v) is 6.52. The van der Waals surface area contributed by atoms with Gasteiger partial charge in [0, 0.05) is 6.20 Å². The quantitative estimate of drug-likeness (QED) is 0.878. The molecule has 2 aromatic rings. The van der Waals surface area contributed by atoms with E-state index < -0.39 is 18.0 Å². The third-order valence-corrected chi connectivity index (χ3v) is 2.93. The molecule has 0 bridgehead atoms. The summed E-state index contributed by atoms with van der Waals surface area (Å²) in [4.78, 5) is 27.7. The molecule has 110 valence electrons. The Morgan fingerprint density at radius 3 is 2.71 bits per heavy atom. The first-order chi connectivity index (χ1) is 9.97. The van der Waals surface area contributed by atoms with Crippen LogP contribution in [-0.2, 0) is 9.53 Å². The minimum atomic E-state index is -0.968. The molecule has 1 N–H and O–H groups in total. The molecular weight excluding hydrogens is 296 g/mol. The monoisotopic (exact) mass is 308 g/mol. The summed E-state index contributed by atoms with van der Waals surface area (Å²) in [6, 6.07) is 4.63. The summed E-state index contributed by atoms with van der Waals surface area (Å²) >= 11 is 5.70. The third-order valence-electron chi connectivity index (χ3n) is 2.71. The van der Waals surface area contributed by atoms with Gasteiger partial charge in [0.25, 0.3) is 5.91 Å². The zero-order valence-electron chi connectivity index (χ0n) is 11.4. The molecule has 7 heteroatoms. The number of nitrogens with one attached hydrogen (secondary N) is 1. The van der Waals surface area contributed by atoms with Crippen molar-refractivity contribution in [1.29, 1.82) is 0 Å². The number of amides is 1. The van der Waals surface area contributed by atoms with E-state index in [1.807, 2.05) is 0 Å². The largest absolute Gasteiger partial charge is 0.469 e. The number of aryl methyl sites for hydroxylation is 1. The molecule has 0 aliphatic rings. The number of halogens is 1. The predicted octanol–water partition coefficient (Wildman–Crippen LogP) is 2.82. The van der Waals surface area contributed by atoms with Crippen molar-refractivity contribution in [3.05, 3.63) is 47.0 Å². The van der Waals surface area contributed by atoms with Crippen molar-refractivity contribution in [3.8, 4) is 0 Å². The Labute approximate surface area is 126 Å². The van der Waals surface area contributed by atoms with Gasteiger partial charge in [0.2, 0.25) is 0 Å². The molecule has 0 spiro atoms. The van der Waals surface area contributed by atoms with E-state index in [1.165, 1.54) is 25.5 Å². The lowest BCUT2D eigenvalue weighted by Gasteiger charge is -2.12. The normalized spacial score (nSPS) is 11.8. The highest BCUT2D eigenvalue weighted by molar-refractivity contribution is 6.30. The molecule has 0 unspecified atom stereocenters.